The van der Waals surface area contributed by atoms with E-state index < -0.39 is 24.3 Å². The minimum Gasteiger partial charge on any atom is -0.457 e. The highest BCUT2D eigenvalue weighted by atomic mass is 16.6. The predicted molar refractivity (Wildman–Crippen MR) is 169 cm³/mol. The van der Waals surface area contributed by atoms with Crippen molar-refractivity contribution in [2.75, 3.05) is 25.4 Å². The van der Waals surface area contributed by atoms with Crippen LogP contribution in [0, 0.1) is 6.92 Å². The van der Waals surface area contributed by atoms with Crippen molar-refractivity contribution in [3.8, 4) is 22.8 Å². The maximum Gasteiger partial charge on any atom is 0.410 e. The summed E-state index contributed by atoms with van der Waals surface area (Å²) in [6.45, 7) is 14.0. The predicted octanol–water partition coefficient (Wildman–Crippen LogP) is 5.12. The molecule has 0 atom stereocenters. The van der Waals surface area contributed by atoms with Crippen molar-refractivity contribution in [3.05, 3.63) is 29.5 Å². The molecule has 1 aliphatic carbocycles. The SMILES string of the molecule is Cc1nc(-c2c(-c3nn(C(C)(C)C)c4ncnc(N)c34)noc2C2CC2)ncc1C1CCN(C(=O)OCC(=O)OC(C)(C)C)CC1. The number of nitrogens with zero attached hydrogens (tertiary/aromatic N) is 8. The Hall–Kier alpha value is -4.62. The molecule has 14 heteroatoms. The Kier molecular flexibility index (Phi) is 7.93. The molecule has 4 aromatic rings. The van der Waals surface area contributed by atoms with Crippen LogP contribution in [0.5, 0.6) is 0 Å². The summed E-state index contributed by atoms with van der Waals surface area (Å²) in [4.78, 5) is 44.7. The second kappa shape index (κ2) is 11.6. The Bertz CT molecular complexity index is 1790. The summed E-state index contributed by atoms with van der Waals surface area (Å²) >= 11 is 0. The molecule has 1 aliphatic heterocycles. The highest BCUT2D eigenvalue weighted by Crippen LogP contribution is 2.48. The van der Waals surface area contributed by atoms with Crippen LogP contribution in [0.25, 0.3) is 33.8 Å². The van der Waals surface area contributed by atoms with Crippen molar-refractivity contribution >= 4 is 28.9 Å². The van der Waals surface area contributed by atoms with Crippen LogP contribution in [0.2, 0.25) is 0 Å². The molecule has 46 heavy (non-hydrogen) atoms. The number of carbonyl (C=O) groups excluding carboxylic acids is 2. The van der Waals surface area contributed by atoms with Gasteiger partial charge in [0.25, 0.3) is 0 Å². The first-order chi connectivity index (χ1) is 21.7. The second-order valence-electron chi connectivity index (χ2n) is 14.1. The van der Waals surface area contributed by atoms with E-state index in [4.69, 9.17) is 34.8 Å². The smallest absolute Gasteiger partial charge is 0.410 e. The van der Waals surface area contributed by atoms with E-state index in [2.05, 4.69) is 15.1 Å². The molecule has 0 bridgehead atoms. The minimum absolute atomic E-state index is 0.164. The van der Waals surface area contributed by atoms with Crippen molar-refractivity contribution in [3.63, 3.8) is 0 Å². The number of nitrogens with two attached hydrogens (primary N) is 1. The van der Waals surface area contributed by atoms with Crippen LogP contribution in [0.3, 0.4) is 0 Å². The Morgan fingerprint density at radius 2 is 1.72 bits per heavy atom. The number of ether oxygens (including phenoxy) is 2. The van der Waals surface area contributed by atoms with Gasteiger partial charge in [0.1, 0.15) is 29.1 Å². The third kappa shape index (κ3) is 6.24. The van der Waals surface area contributed by atoms with Gasteiger partial charge in [-0.1, -0.05) is 5.16 Å². The first-order valence-electron chi connectivity index (χ1n) is 15.7. The fourth-order valence-corrected chi connectivity index (χ4v) is 5.87. The Balaban J connectivity index is 1.24. The molecule has 2 aliphatic rings. The van der Waals surface area contributed by atoms with Gasteiger partial charge < -0.3 is 24.6 Å². The zero-order chi connectivity index (χ0) is 33.0. The molecule has 2 fully saturated rings. The summed E-state index contributed by atoms with van der Waals surface area (Å²) in [6, 6.07) is 0. The number of aryl methyl sites for hydroxylation is 1. The van der Waals surface area contributed by atoms with Gasteiger partial charge in [-0.3, -0.25) is 0 Å². The van der Waals surface area contributed by atoms with Gasteiger partial charge in [0.2, 0.25) is 0 Å². The van der Waals surface area contributed by atoms with Gasteiger partial charge >= 0.3 is 12.1 Å². The number of amides is 1. The molecule has 0 unspecified atom stereocenters. The molecular formula is C32H41N9O5. The van der Waals surface area contributed by atoms with E-state index in [1.165, 1.54) is 6.33 Å². The van der Waals surface area contributed by atoms with Crippen LogP contribution in [0.15, 0.2) is 17.0 Å². The molecule has 1 saturated heterocycles. The van der Waals surface area contributed by atoms with Crippen LogP contribution in [-0.4, -0.2) is 77.1 Å². The summed E-state index contributed by atoms with van der Waals surface area (Å²) in [6.07, 6.45) is 6.22. The normalized spacial score (nSPS) is 16.2. The van der Waals surface area contributed by atoms with E-state index in [9.17, 15) is 9.59 Å². The molecule has 0 radical (unpaired) electrons. The molecule has 2 N–H and O–H groups in total. The number of esters is 1. The molecule has 5 heterocycles. The summed E-state index contributed by atoms with van der Waals surface area (Å²) in [5, 5.41) is 10.0. The third-order valence-electron chi connectivity index (χ3n) is 8.19. The number of anilines is 1. The summed E-state index contributed by atoms with van der Waals surface area (Å²) < 4.78 is 18.2. The van der Waals surface area contributed by atoms with Crippen molar-refractivity contribution in [1.82, 2.24) is 39.8 Å². The highest BCUT2D eigenvalue weighted by molar-refractivity contribution is 6.00. The van der Waals surface area contributed by atoms with Crippen molar-refractivity contribution in [2.45, 2.75) is 97.1 Å². The third-order valence-corrected chi connectivity index (χ3v) is 8.19. The number of piperidine rings is 1. The van der Waals surface area contributed by atoms with Gasteiger partial charge in [-0.25, -0.2) is 34.2 Å². The average molecular weight is 632 g/mol. The Morgan fingerprint density at radius 1 is 1.00 bits per heavy atom. The number of hydrogen-bond acceptors (Lipinski definition) is 12. The molecule has 4 aromatic heterocycles. The lowest BCUT2D eigenvalue weighted by Crippen LogP contribution is -2.39. The lowest BCUT2D eigenvalue weighted by Gasteiger charge is -2.31. The molecule has 244 valence electrons. The van der Waals surface area contributed by atoms with Crippen LogP contribution in [-0.2, 0) is 19.8 Å². The number of carbonyl (C=O) groups is 2. The van der Waals surface area contributed by atoms with E-state index in [1.807, 2.05) is 38.6 Å². The Morgan fingerprint density at radius 3 is 2.35 bits per heavy atom. The number of aromatic nitrogens is 7. The quantitative estimate of drug-likeness (QED) is 0.278. The molecule has 6 rings (SSSR count). The molecule has 14 nitrogen and oxygen atoms in total. The van der Waals surface area contributed by atoms with E-state index in [-0.39, 0.29) is 17.4 Å². The van der Waals surface area contributed by atoms with Crippen LogP contribution in [0.4, 0.5) is 10.6 Å². The fourth-order valence-electron chi connectivity index (χ4n) is 5.87. The number of nitrogen functional groups attached to an aromatic ring is 1. The van der Waals surface area contributed by atoms with E-state index in [1.54, 1.807) is 25.7 Å². The first kappa shape index (κ1) is 31.4. The minimum atomic E-state index is -0.640. The molecule has 0 spiro atoms. The number of fused-ring (bicyclic) bond motifs is 1. The highest BCUT2D eigenvalue weighted by Gasteiger charge is 2.37. The zero-order valence-electron chi connectivity index (χ0n) is 27.5. The van der Waals surface area contributed by atoms with Crippen LogP contribution in [0.1, 0.15) is 96.1 Å². The van der Waals surface area contributed by atoms with Gasteiger partial charge in [-0.15, -0.1) is 0 Å². The van der Waals surface area contributed by atoms with Gasteiger partial charge in [0.05, 0.1) is 16.5 Å². The standard InChI is InChI=1S/C32H41N9O5/c1-17-20(18-10-12-40(13-11-18)30(43)44-15-21(42)45-32(5,6)7)14-34-28(37-17)22-25(39-46-26(22)19-8-9-19)24-23-27(33)35-16-36-29(23)41(38-24)31(2,3)4/h14,16,18-19H,8-13,15H2,1-7H3,(H2,33,35,36). The largest absolute Gasteiger partial charge is 0.457 e. The topological polar surface area (TPSA) is 177 Å². The van der Waals surface area contributed by atoms with Crippen LogP contribution < -0.4 is 5.73 Å². The van der Waals surface area contributed by atoms with Gasteiger partial charge in [-0.2, -0.15) is 5.10 Å². The summed E-state index contributed by atoms with van der Waals surface area (Å²) in [5.41, 5.74) is 9.61. The maximum atomic E-state index is 12.6. The van der Waals surface area contributed by atoms with E-state index in [0.717, 1.165) is 29.9 Å². The van der Waals surface area contributed by atoms with Crippen molar-refractivity contribution in [1.29, 1.82) is 0 Å². The molecule has 1 saturated carbocycles. The number of hydrogen-bond donors (Lipinski definition) is 1. The van der Waals surface area contributed by atoms with Crippen molar-refractivity contribution in [2.24, 2.45) is 0 Å². The average Bonchev–Trinajstić information content (AvgIpc) is 3.60. The van der Waals surface area contributed by atoms with E-state index in [0.29, 0.717) is 65.6 Å². The molecule has 1 amide bonds. The van der Waals surface area contributed by atoms with Crippen LogP contribution >= 0.6 is 0 Å². The zero-order valence-corrected chi connectivity index (χ0v) is 27.5. The lowest BCUT2D eigenvalue weighted by atomic mass is 9.89. The fraction of sp³-hybridized carbons (Fsp3) is 0.562. The van der Waals surface area contributed by atoms with Crippen molar-refractivity contribution < 1.29 is 23.6 Å². The first-order valence-corrected chi connectivity index (χ1v) is 15.7. The maximum absolute atomic E-state index is 12.6. The second-order valence-corrected chi connectivity index (χ2v) is 14.1. The van der Waals surface area contributed by atoms with E-state index >= 15 is 0 Å². The Labute approximate surface area is 267 Å². The molecular weight excluding hydrogens is 590 g/mol. The summed E-state index contributed by atoms with van der Waals surface area (Å²) in [5.74, 6) is 1.40. The van der Waals surface area contributed by atoms with Gasteiger partial charge in [0.15, 0.2) is 23.8 Å². The number of likely N-dealkylation sites (tertiary alicyclic amines) is 1. The summed E-state index contributed by atoms with van der Waals surface area (Å²) in [7, 11) is 0. The molecule has 0 aromatic carbocycles. The van der Waals surface area contributed by atoms with Gasteiger partial charge in [-0.05, 0) is 85.6 Å². The number of rotatable bonds is 6. The lowest BCUT2D eigenvalue weighted by molar-refractivity contribution is -0.158. The monoisotopic (exact) mass is 631 g/mol. The van der Waals surface area contributed by atoms with Gasteiger partial charge in [0, 0.05) is 30.9 Å².